The van der Waals surface area contributed by atoms with Crippen LogP contribution in [0.25, 0.3) is 0 Å². The maximum absolute atomic E-state index is 13.2. The lowest BCUT2D eigenvalue weighted by molar-refractivity contribution is -0.138. The molecule has 122 valence electrons. The molecule has 5 rings (SSSR count). The summed E-state index contributed by atoms with van der Waals surface area (Å²) in [4.78, 5) is 29.4. The third-order valence-corrected chi connectivity index (χ3v) is 6.02. The minimum atomic E-state index is -0.320. The van der Waals surface area contributed by atoms with E-state index in [4.69, 9.17) is 0 Å². The van der Waals surface area contributed by atoms with Crippen molar-refractivity contribution in [2.45, 2.75) is 44.1 Å². The third-order valence-electron chi connectivity index (χ3n) is 6.02. The number of likely N-dealkylation sites (N-methyl/N-ethyl adjacent to an activating group) is 1. The first-order valence-electron chi connectivity index (χ1n) is 8.64. The van der Waals surface area contributed by atoms with Gasteiger partial charge in [-0.15, -0.1) is 0 Å². The van der Waals surface area contributed by atoms with Crippen molar-refractivity contribution in [3.8, 4) is 0 Å². The molecule has 3 saturated heterocycles. The summed E-state index contributed by atoms with van der Waals surface area (Å²) in [6.45, 7) is 3.37. The van der Waals surface area contributed by atoms with Gasteiger partial charge in [0.2, 0.25) is 11.8 Å². The van der Waals surface area contributed by atoms with Gasteiger partial charge < -0.3 is 9.80 Å². The average molecular weight is 312 g/mol. The van der Waals surface area contributed by atoms with Gasteiger partial charge in [0.25, 0.3) is 0 Å². The largest absolute Gasteiger partial charge is 0.341 e. The van der Waals surface area contributed by atoms with Crippen LogP contribution in [0.1, 0.15) is 36.8 Å². The van der Waals surface area contributed by atoms with Gasteiger partial charge >= 0.3 is 0 Å². The molecule has 2 amide bonds. The van der Waals surface area contributed by atoms with Crippen molar-refractivity contribution in [3.63, 3.8) is 0 Å². The number of rotatable bonds is 2. The van der Waals surface area contributed by atoms with Gasteiger partial charge in [-0.1, -0.05) is 29.8 Å². The van der Waals surface area contributed by atoms with Crippen LogP contribution in [0.3, 0.4) is 0 Å². The van der Waals surface area contributed by atoms with E-state index in [1.807, 2.05) is 16.8 Å². The average Bonchev–Trinajstić information content (AvgIpc) is 3.37. The minimum absolute atomic E-state index is 0.00322. The quantitative estimate of drug-likeness (QED) is 0.839. The van der Waals surface area contributed by atoms with E-state index in [0.717, 1.165) is 31.2 Å². The normalized spacial score (nSPS) is 28.7. The fourth-order valence-electron chi connectivity index (χ4n) is 4.25. The molecule has 23 heavy (non-hydrogen) atoms. The Hall–Kier alpha value is -1.84. The summed E-state index contributed by atoms with van der Waals surface area (Å²) in [5, 5.41) is 0. The number of aryl methyl sites for hydroxylation is 1. The van der Waals surface area contributed by atoms with Crippen molar-refractivity contribution in [2.24, 2.45) is 5.92 Å². The second kappa shape index (κ2) is 5.08. The number of carbonyl (C=O) groups excluding carboxylic acids is 2. The molecule has 0 aromatic heterocycles. The molecule has 0 unspecified atom stereocenters. The highest BCUT2D eigenvalue weighted by molar-refractivity contribution is 5.92. The number of carbonyl (C=O) groups is 2. The maximum atomic E-state index is 13.2. The lowest BCUT2D eigenvalue weighted by Gasteiger charge is -2.32. The molecular formula is C19H24N2O2. The fourth-order valence-corrected chi connectivity index (χ4v) is 4.25. The highest BCUT2D eigenvalue weighted by atomic mass is 16.2. The zero-order chi connectivity index (χ0) is 16.2. The molecular weight excluding hydrogens is 288 g/mol. The smallest absolute Gasteiger partial charge is 0.233 e. The van der Waals surface area contributed by atoms with E-state index < -0.39 is 0 Å². The van der Waals surface area contributed by atoms with Gasteiger partial charge in [-0.05, 0) is 38.2 Å². The van der Waals surface area contributed by atoms with Crippen molar-refractivity contribution in [2.75, 3.05) is 20.1 Å². The van der Waals surface area contributed by atoms with Crippen LogP contribution in [0.15, 0.2) is 24.3 Å². The predicted molar refractivity (Wildman–Crippen MR) is 88.0 cm³/mol. The van der Waals surface area contributed by atoms with Crippen LogP contribution in [0.5, 0.6) is 0 Å². The van der Waals surface area contributed by atoms with Crippen molar-refractivity contribution in [1.29, 1.82) is 0 Å². The Morgan fingerprint density at radius 2 is 1.83 bits per heavy atom. The molecule has 4 aliphatic rings. The van der Waals surface area contributed by atoms with Crippen LogP contribution in [-0.2, 0) is 15.0 Å². The van der Waals surface area contributed by atoms with Crippen LogP contribution < -0.4 is 0 Å². The maximum Gasteiger partial charge on any atom is 0.233 e. The SMILES string of the molecule is Cc1ccc(C2(C(=O)N3C[C@H]4CC[C@@H](C3)N(C)C4=O)CC2)cc1. The summed E-state index contributed by atoms with van der Waals surface area (Å²) < 4.78 is 0. The summed E-state index contributed by atoms with van der Waals surface area (Å²) in [5.41, 5.74) is 2.04. The number of benzene rings is 1. The first-order valence-corrected chi connectivity index (χ1v) is 8.64. The Morgan fingerprint density at radius 3 is 2.48 bits per heavy atom. The van der Waals surface area contributed by atoms with Gasteiger partial charge in [0, 0.05) is 26.2 Å². The molecule has 1 aromatic carbocycles. The summed E-state index contributed by atoms with van der Waals surface area (Å²) in [6, 6.07) is 8.57. The van der Waals surface area contributed by atoms with E-state index in [2.05, 4.69) is 31.2 Å². The van der Waals surface area contributed by atoms with Gasteiger partial charge in [-0.25, -0.2) is 0 Å². The zero-order valence-electron chi connectivity index (χ0n) is 13.9. The van der Waals surface area contributed by atoms with Gasteiger partial charge in [-0.2, -0.15) is 0 Å². The molecule has 0 spiro atoms. The number of fused-ring (bicyclic) bond motifs is 4. The van der Waals surface area contributed by atoms with Crippen LogP contribution in [0, 0.1) is 12.8 Å². The van der Waals surface area contributed by atoms with Crippen LogP contribution in [0.4, 0.5) is 0 Å². The molecule has 4 heteroatoms. The second-order valence-corrected chi connectivity index (χ2v) is 7.54. The summed E-state index contributed by atoms with van der Waals surface area (Å²) in [5.74, 6) is 0.453. The molecule has 1 aliphatic carbocycles. The zero-order valence-corrected chi connectivity index (χ0v) is 13.9. The van der Waals surface area contributed by atoms with Gasteiger partial charge in [0.05, 0.1) is 11.3 Å². The van der Waals surface area contributed by atoms with E-state index >= 15 is 0 Å². The Bertz CT molecular complexity index is 648. The Kier molecular flexibility index (Phi) is 3.26. The van der Waals surface area contributed by atoms with E-state index in [-0.39, 0.29) is 29.2 Å². The lowest BCUT2D eigenvalue weighted by Crippen LogP contribution is -2.46. The summed E-state index contributed by atoms with van der Waals surface area (Å²) >= 11 is 0. The minimum Gasteiger partial charge on any atom is -0.341 e. The molecule has 2 bridgehead atoms. The Balaban J connectivity index is 1.60. The molecule has 4 fully saturated rings. The molecule has 0 N–H and O–H groups in total. The number of nitrogens with zero attached hydrogens (tertiary/aromatic N) is 2. The standard InChI is InChI=1S/C19H24N2O2/c1-13-3-6-15(7-4-13)19(9-10-19)18(23)21-11-14-5-8-16(12-21)20(2)17(14)22/h3-4,6-7,14,16H,5,8-12H2,1-2H3/t14-,16+/m1/s1. The van der Waals surface area contributed by atoms with E-state index in [1.165, 1.54) is 5.56 Å². The second-order valence-electron chi connectivity index (χ2n) is 7.54. The highest BCUT2D eigenvalue weighted by Crippen LogP contribution is 2.50. The molecule has 0 radical (unpaired) electrons. The van der Waals surface area contributed by atoms with E-state index in [1.54, 1.807) is 0 Å². The molecule has 2 atom stereocenters. The molecule has 4 nitrogen and oxygen atoms in total. The van der Waals surface area contributed by atoms with Gasteiger partial charge in [0.1, 0.15) is 0 Å². The van der Waals surface area contributed by atoms with Gasteiger partial charge in [-0.3, -0.25) is 9.59 Å². The van der Waals surface area contributed by atoms with Crippen LogP contribution >= 0.6 is 0 Å². The topological polar surface area (TPSA) is 40.6 Å². The van der Waals surface area contributed by atoms with Gasteiger partial charge in [0.15, 0.2) is 0 Å². The monoisotopic (exact) mass is 312 g/mol. The fraction of sp³-hybridized carbons (Fsp3) is 0.579. The van der Waals surface area contributed by atoms with Crippen molar-refractivity contribution in [3.05, 3.63) is 35.4 Å². The summed E-state index contributed by atoms with van der Waals surface area (Å²) in [7, 11) is 1.89. The third kappa shape index (κ3) is 2.27. The number of amides is 2. The summed E-state index contributed by atoms with van der Waals surface area (Å²) in [6.07, 6.45) is 3.82. The number of hydrogen-bond donors (Lipinski definition) is 0. The van der Waals surface area contributed by atoms with Crippen molar-refractivity contribution < 1.29 is 9.59 Å². The molecule has 3 heterocycles. The molecule has 1 saturated carbocycles. The van der Waals surface area contributed by atoms with Crippen molar-refractivity contribution in [1.82, 2.24) is 9.80 Å². The van der Waals surface area contributed by atoms with E-state index in [0.29, 0.717) is 13.1 Å². The highest BCUT2D eigenvalue weighted by Gasteiger charge is 2.54. The Morgan fingerprint density at radius 1 is 1.13 bits per heavy atom. The molecule has 3 aliphatic heterocycles. The lowest BCUT2D eigenvalue weighted by atomic mass is 9.93. The number of hydrogen-bond acceptors (Lipinski definition) is 2. The first-order chi connectivity index (χ1) is 11.0. The predicted octanol–water partition coefficient (Wildman–Crippen LogP) is 2.11. The first kappa shape index (κ1) is 14.7. The van der Waals surface area contributed by atoms with Crippen molar-refractivity contribution >= 4 is 11.8 Å². The van der Waals surface area contributed by atoms with E-state index in [9.17, 15) is 9.59 Å². The molecule has 1 aromatic rings. The number of piperidine rings is 1. The van der Waals surface area contributed by atoms with Crippen LogP contribution in [0.2, 0.25) is 0 Å². The van der Waals surface area contributed by atoms with Crippen LogP contribution in [-0.4, -0.2) is 47.8 Å². The Labute approximate surface area is 137 Å².